The van der Waals surface area contributed by atoms with Crippen molar-refractivity contribution in [3.05, 3.63) is 59.2 Å². The normalized spacial score (nSPS) is 26.1. The molecule has 1 heterocycles. The summed E-state index contributed by atoms with van der Waals surface area (Å²) in [6.45, 7) is 24.1. The lowest BCUT2D eigenvalue weighted by atomic mass is 9.74. The molecule has 0 saturated heterocycles. The predicted molar refractivity (Wildman–Crippen MR) is 245 cm³/mol. The minimum absolute atomic E-state index is 0.0208. The van der Waals surface area contributed by atoms with Crippen molar-refractivity contribution in [2.45, 2.75) is 159 Å². The van der Waals surface area contributed by atoms with Gasteiger partial charge in [-0.05, 0) is 89.0 Å². The highest BCUT2D eigenvalue weighted by molar-refractivity contribution is 5.96. The van der Waals surface area contributed by atoms with E-state index < -0.39 is 72.3 Å². The van der Waals surface area contributed by atoms with E-state index in [4.69, 9.17) is 4.74 Å². The Labute approximate surface area is 372 Å². The summed E-state index contributed by atoms with van der Waals surface area (Å²) in [6.07, 6.45) is 4.79. The zero-order valence-corrected chi connectivity index (χ0v) is 40.4. The first-order valence-corrected chi connectivity index (χ1v) is 22.7. The van der Waals surface area contributed by atoms with E-state index in [1.165, 1.54) is 36.4 Å². The third-order valence-electron chi connectivity index (χ3n) is 12.1. The molecule has 0 saturated carbocycles. The molecule has 0 aliphatic carbocycles. The summed E-state index contributed by atoms with van der Waals surface area (Å²) in [4.78, 5) is 99.3. The first kappa shape index (κ1) is 55.2. The summed E-state index contributed by atoms with van der Waals surface area (Å²) in [6, 6.07) is 5.06. The van der Waals surface area contributed by atoms with Crippen molar-refractivity contribution in [2.75, 3.05) is 20.6 Å². The van der Waals surface area contributed by atoms with E-state index in [1.54, 1.807) is 19.9 Å². The van der Waals surface area contributed by atoms with Crippen molar-refractivity contribution in [3.8, 4) is 0 Å². The van der Waals surface area contributed by atoms with Gasteiger partial charge in [0.05, 0.1) is 12.6 Å². The number of carbonyl (C=O) groups is 7. The third-order valence-corrected chi connectivity index (χ3v) is 12.1. The van der Waals surface area contributed by atoms with Gasteiger partial charge in [0.2, 0.25) is 23.6 Å². The quantitative estimate of drug-likeness (QED) is 0.175. The minimum Gasteiger partial charge on any atom is -0.449 e. The van der Waals surface area contributed by atoms with Crippen LogP contribution in [0.2, 0.25) is 0 Å². The number of carbonyl (C=O) groups excluding carboxylic acids is 7. The second-order valence-electron chi connectivity index (χ2n) is 17.2. The van der Waals surface area contributed by atoms with E-state index in [0.717, 1.165) is 12.0 Å². The Kier molecular flexibility index (Phi) is 24.3. The number of ether oxygens (including phenoxy) is 1. The van der Waals surface area contributed by atoms with Gasteiger partial charge in [-0.25, -0.2) is 4.79 Å². The van der Waals surface area contributed by atoms with Crippen molar-refractivity contribution >= 4 is 41.3 Å². The molecule has 0 radical (unpaired) electrons. The van der Waals surface area contributed by atoms with E-state index in [2.05, 4.69) is 42.8 Å². The molecule has 0 aromatic heterocycles. The molecule has 62 heavy (non-hydrogen) atoms. The molecular weight excluding hydrogens is 787 g/mol. The van der Waals surface area contributed by atoms with Crippen molar-refractivity contribution in [2.24, 2.45) is 29.6 Å². The summed E-state index contributed by atoms with van der Waals surface area (Å²) >= 11 is 0. The Morgan fingerprint density at radius 2 is 1.45 bits per heavy atom. The van der Waals surface area contributed by atoms with E-state index >= 15 is 0 Å². The third kappa shape index (κ3) is 16.8. The van der Waals surface area contributed by atoms with Gasteiger partial charge < -0.3 is 30.5 Å². The first-order valence-electron chi connectivity index (χ1n) is 22.7. The molecule has 1 aliphatic heterocycles. The molecule has 1 aromatic carbocycles. The van der Waals surface area contributed by atoms with Crippen molar-refractivity contribution in [3.63, 3.8) is 0 Å². The molecule has 348 valence electrons. The van der Waals surface area contributed by atoms with Gasteiger partial charge in [0.25, 0.3) is 5.91 Å². The fourth-order valence-corrected chi connectivity index (χ4v) is 7.75. The smallest absolute Gasteiger partial charge is 0.334 e. The zero-order chi connectivity index (χ0) is 47.4. The van der Waals surface area contributed by atoms with Gasteiger partial charge in [-0.15, -0.1) is 0 Å². The number of Topliss-reactive ketones (excluding diaryl/α,β-unsaturated/α-hetero) is 1. The van der Waals surface area contributed by atoms with Crippen LogP contribution in [-0.2, 0) is 44.7 Å². The lowest BCUT2D eigenvalue weighted by Gasteiger charge is -2.33. The number of cyclic esters (lactones) is 1. The lowest BCUT2D eigenvalue weighted by molar-refractivity contribution is -0.154. The SMILES string of the molecule is C/C=C(\C)C(CC)[C@@H](C)[C@@H]1C/C=C(\C)C(=O)O[C@H](CC(C)C)C(=O)N[C@@H](C)C(=O)N(C)[C@H](Cc2ccccc2)C(=O)N(C)CC(=O)N[C@@H](C(C)CC)C(=O)N[C@H](C)C(=O)C1.CC. The van der Waals surface area contributed by atoms with Crippen LogP contribution < -0.4 is 16.0 Å². The molecule has 13 heteroatoms. The second-order valence-corrected chi connectivity index (χ2v) is 17.2. The fourth-order valence-electron chi connectivity index (χ4n) is 7.75. The van der Waals surface area contributed by atoms with Gasteiger partial charge in [-0.3, -0.25) is 28.8 Å². The van der Waals surface area contributed by atoms with Crippen LogP contribution in [0.4, 0.5) is 0 Å². The van der Waals surface area contributed by atoms with Gasteiger partial charge in [0, 0.05) is 32.5 Å². The monoisotopic (exact) mass is 866 g/mol. The Balaban J connectivity index is 0.00000946. The molecule has 2 rings (SSSR count). The molecule has 1 aliphatic rings. The van der Waals surface area contributed by atoms with Crippen LogP contribution in [0.25, 0.3) is 0 Å². The van der Waals surface area contributed by atoms with Crippen molar-refractivity contribution in [1.29, 1.82) is 0 Å². The molecule has 3 N–H and O–H groups in total. The molecular formula is C49H79N5O8. The minimum atomic E-state index is -1.21. The predicted octanol–water partition coefficient (Wildman–Crippen LogP) is 6.59. The average Bonchev–Trinajstić information content (AvgIpc) is 3.24. The van der Waals surface area contributed by atoms with Gasteiger partial charge in [-0.2, -0.15) is 0 Å². The van der Waals surface area contributed by atoms with Crippen LogP contribution in [0, 0.1) is 29.6 Å². The number of nitrogens with one attached hydrogen (secondary N) is 3. The fraction of sp³-hybridized carbons (Fsp3) is 0.653. The largest absolute Gasteiger partial charge is 0.449 e. The maximum atomic E-state index is 14.2. The number of hydrogen-bond donors (Lipinski definition) is 3. The Hall–Kier alpha value is -4.81. The Morgan fingerprint density at radius 1 is 0.855 bits per heavy atom. The molecule has 13 nitrogen and oxygen atoms in total. The average molecular weight is 866 g/mol. The number of ketones is 1. The molecule has 9 atom stereocenters. The first-order chi connectivity index (χ1) is 29.2. The topological polar surface area (TPSA) is 171 Å². The number of hydrogen-bond acceptors (Lipinski definition) is 8. The molecule has 0 spiro atoms. The van der Waals surface area contributed by atoms with E-state index in [1.807, 2.05) is 78.8 Å². The number of esters is 1. The van der Waals surface area contributed by atoms with Crippen molar-refractivity contribution < 1.29 is 38.3 Å². The summed E-state index contributed by atoms with van der Waals surface area (Å²) < 4.78 is 5.82. The summed E-state index contributed by atoms with van der Waals surface area (Å²) in [5.74, 6) is -4.11. The highest BCUT2D eigenvalue weighted by atomic mass is 16.5. The van der Waals surface area contributed by atoms with Crippen LogP contribution in [0.3, 0.4) is 0 Å². The highest BCUT2D eigenvalue weighted by Gasteiger charge is 2.36. The molecule has 2 unspecified atom stereocenters. The Bertz CT molecular complexity index is 1710. The summed E-state index contributed by atoms with van der Waals surface area (Å²) in [5, 5.41) is 8.36. The number of rotatable bonds is 10. The van der Waals surface area contributed by atoms with Crippen LogP contribution in [0.15, 0.2) is 53.6 Å². The van der Waals surface area contributed by atoms with E-state index in [0.29, 0.717) is 12.8 Å². The van der Waals surface area contributed by atoms with Crippen molar-refractivity contribution in [1.82, 2.24) is 25.8 Å². The summed E-state index contributed by atoms with van der Waals surface area (Å²) in [7, 11) is 2.92. The standard InChI is InChI=1S/C47H73N5O8.C2H6/c1-14-29(6)37(16-3)32(9)36-23-22-31(8)47(59)60-40(24-28(4)5)43(55)49-34(11)45(57)52(13)38(25-35-20-18-17-19-21-35)46(58)51(12)27-41(54)50-42(30(7)15-2)44(56)48-33(10)39(53)26-36;1-2/h14,17-22,28,30,32-34,36-38,40,42H,15-16,23-27H2,1-13H3,(H,48,56)(H,49,55)(H,50,54);1-2H3/b29-14+,31-22+;/t30?,32-,33+,34-,36+,37?,38+,40+,42-;/m0./s1. The van der Waals surface area contributed by atoms with E-state index in [-0.39, 0.29) is 60.2 Å². The van der Waals surface area contributed by atoms with E-state index in [9.17, 15) is 33.6 Å². The van der Waals surface area contributed by atoms with Gasteiger partial charge in [-0.1, -0.05) is 110 Å². The number of amides is 5. The van der Waals surface area contributed by atoms with Crippen LogP contribution in [0.5, 0.6) is 0 Å². The van der Waals surface area contributed by atoms with Crippen LogP contribution >= 0.6 is 0 Å². The number of nitrogens with zero attached hydrogens (tertiary/aromatic N) is 2. The maximum absolute atomic E-state index is 14.2. The van der Waals surface area contributed by atoms with Gasteiger partial charge in [0.15, 0.2) is 11.9 Å². The lowest BCUT2D eigenvalue weighted by Crippen LogP contribution is -2.57. The number of allylic oxidation sites excluding steroid dienone is 3. The second kappa shape index (κ2) is 27.3. The molecule has 0 bridgehead atoms. The van der Waals surface area contributed by atoms with Gasteiger partial charge >= 0.3 is 5.97 Å². The Morgan fingerprint density at radius 3 is 2.00 bits per heavy atom. The number of likely N-dealkylation sites (N-methyl/N-ethyl adjacent to an activating group) is 2. The van der Waals surface area contributed by atoms with Gasteiger partial charge in [0.1, 0.15) is 18.1 Å². The maximum Gasteiger partial charge on any atom is 0.334 e. The van der Waals surface area contributed by atoms with Crippen LogP contribution in [-0.4, -0.2) is 102 Å². The zero-order valence-electron chi connectivity index (χ0n) is 40.4. The highest BCUT2D eigenvalue weighted by Crippen LogP contribution is 2.34. The molecule has 1 aromatic rings. The molecule has 0 fully saturated rings. The summed E-state index contributed by atoms with van der Waals surface area (Å²) in [5.41, 5.74) is 2.23. The number of benzene rings is 1. The molecule has 5 amide bonds. The van der Waals surface area contributed by atoms with Crippen LogP contribution in [0.1, 0.15) is 128 Å².